The van der Waals surface area contributed by atoms with E-state index in [-0.39, 0.29) is 11.3 Å². The highest BCUT2D eigenvalue weighted by Gasteiger charge is 2.17. The van der Waals surface area contributed by atoms with Crippen molar-refractivity contribution in [1.29, 1.82) is 0 Å². The first-order chi connectivity index (χ1) is 10.7. The monoisotopic (exact) mass is 320 g/mol. The number of carbonyl (C=O) groups is 1. The molecule has 0 aliphatic carbocycles. The Bertz CT molecular complexity index is 714. The second-order valence-corrected chi connectivity index (χ2v) is 5.85. The predicted octanol–water partition coefficient (Wildman–Crippen LogP) is 1.68. The molecule has 7 heteroatoms. The summed E-state index contributed by atoms with van der Waals surface area (Å²) < 4.78 is 1.55. The molecule has 0 atom stereocenters. The summed E-state index contributed by atoms with van der Waals surface area (Å²) in [5, 5.41) is 2.73. The Kier molecular flexibility index (Phi) is 5.94. The zero-order chi connectivity index (χ0) is 15.9. The van der Waals surface area contributed by atoms with Gasteiger partial charge in [-0.05, 0) is 24.8 Å². The van der Waals surface area contributed by atoms with Crippen LogP contribution in [0.3, 0.4) is 0 Å². The SMILES string of the molecule is CCCCn1c(=O)c(C(=O)NCCSC)nc2cccnc21. The van der Waals surface area contributed by atoms with Gasteiger partial charge in [-0.1, -0.05) is 13.3 Å². The van der Waals surface area contributed by atoms with Gasteiger partial charge in [0.1, 0.15) is 5.52 Å². The van der Waals surface area contributed by atoms with Crippen molar-refractivity contribution in [2.75, 3.05) is 18.6 Å². The van der Waals surface area contributed by atoms with Gasteiger partial charge in [0.05, 0.1) is 0 Å². The molecule has 0 aliphatic rings. The fraction of sp³-hybridized carbons (Fsp3) is 0.467. The van der Waals surface area contributed by atoms with E-state index in [1.54, 1.807) is 34.7 Å². The van der Waals surface area contributed by atoms with Gasteiger partial charge in [-0.3, -0.25) is 14.2 Å². The van der Waals surface area contributed by atoms with Crippen LogP contribution >= 0.6 is 11.8 Å². The van der Waals surface area contributed by atoms with E-state index >= 15 is 0 Å². The van der Waals surface area contributed by atoms with Crippen LogP contribution in [-0.4, -0.2) is 39.0 Å². The number of carbonyl (C=O) groups excluding carboxylic acids is 1. The highest BCUT2D eigenvalue weighted by atomic mass is 32.2. The number of nitrogens with zero attached hydrogens (tertiary/aromatic N) is 3. The molecule has 0 fully saturated rings. The number of aromatic nitrogens is 3. The number of nitrogens with one attached hydrogen (secondary N) is 1. The molecule has 22 heavy (non-hydrogen) atoms. The highest BCUT2D eigenvalue weighted by molar-refractivity contribution is 7.98. The molecule has 0 aromatic carbocycles. The quantitative estimate of drug-likeness (QED) is 0.786. The van der Waals surface area contributed by atoms with Crippen molar-refractivity contribution < 1.29 is 4.79 Å². The molecule has 0 bridgehead atoms. The summed E-state index contributed by atoms with van der Waals surface area (Å²) in [5.74, 6) is 0.375. The maximum absolute atomic E-state index is 12.6. The third-order valence-corrected chi connectivity index (χ3v) is 3.86. The normalized spacial score (nSPS) is 10.8. The molecule has 2 heterocycles. The molecule has 118 valence electrons. The van der Waals surface area contributed by atoms with E-state index < -0.39 is 5.91 Å². The highest BCUT2D eigenvalue weighted by Crippen LogP contribution is 2.08. The van der Waals surface area contributed by atoms with Crippen LogP contribution in [0.5, 0.6) is 0 Å². The van der Waals surface area contributed by atoms with Gasteiger partial charge in [0.2, 0.25) is 0 Å². The van der Waals surface area contributed by atoms with Gasteiger partial charge in [-0.25, -0.2) is 9.97 Å². The van der Waals surface area contributed by atoms with Crippen molar-refractivity contribution in [2.24, 2.45) is 0 Å². The number of amides is 1. The summed E-state index contributed by atoms with van der Waals surface area (Å²) in [7, 11) is 0. The number of hydrogen-bond donors (Lipinski definition) is 1. The van der Waals surface area contributed by atoms with Crippen molar-refractivity contribution in [1.82, 2.24) is 19.9 Å². The molecular formula is C15H20N4O2S. The van der Waals surface area contributed by atoms with E-state index in [4.69, 9.17) is 0 Å². The van der Waals surface area contributed by atoms with Gasteiger partial charge in [0, 0.05) is 25.0 Å². The Labute approximate surface area is 133 Å². The smallest absolute Gasteiger partial charge is 0.283 e. The first-order valence-corrected chi connectivity index (χ1v) is 8.71. The van der Waals surface area contributed by atoms with Gasteiger partial charge in [-0.15, -0.1) is 0 Å². The molecule has 0 saturated heterocycles. The Morgan fingerprint density at radius 3 is 3.00 bits per heavy atom. The van der Waals surface area contributed by atoms with Crippen LogP contribution < -0.4 is 10.9 Å². The van der Waals surface area contributed by atoms with Crippen molar-refractivity contribution in [2.45, 2.75) is 26.3 Å². The topological polar surface area (TPSA) is 76.9 Å². The molecular weight excluding hydrogens is 300 g/mol. The first-order valence-electron chi connectivity index (χ1n) is 7.31. The van der Waals surface area contributed by atoms with Crippen molar-refractivity contribution >= 4 is 28.8 Å². The van der Waals surface area contributed by atoms with Gasteiger partial charge in [0.25, 0.3) is 11.5 Å². The van der Waals surface area contributed by atoms with E-state index in [0.717, 1.165) is 18.6 Å². The fourth-order valence-corrected chi connectivity index (χ4v) is 2.40. The lowest BCUT2D eigenvalue weighted by molar-refractivity contribution is 0.0949. The summed E-state index contributed by atoms with van der Waals surface area (Å²) in [6.07, 6.45) is 5.40. The van der Waals surface area contributed by atoms with E-state index in [9.17, 15) is 9.59 Å². The number of unbranched alkanes of at least 4 members (excludes halogenated alkanes) is 1. The van der Waals surface area contributed by atoms with Crippen LogP contribution in [0, 0.1) is 0 Å². The summed E-state index contributed by atoms with van der Waals surface area (Å²) in [5.41, 5.74) is 0.661. The summed E-state index contributed by atoms with van der Waals surface area (Å²) >= 11 is 1.63. The molecule has 2 rings (SSSR count). The van der Waals surface area contributed by atoms with Crippen LogP contribution in [-0.2, 0) is 6.54 Å². The molecule has 2 aromatic heterocycles. The maximum Gasteiger partial charge on any atom is 0.283 e. The second kappa shape index (κ2) is 7.93. The van der Waals surface area contributed by atoms with Crippen LogP contribution in [0.15, 0.2) is 23.1 Å². The lowest BCUT2D eigenvalue weighted by atomic mass is 10.3. The third-order valence-electron chi connectivity index (χ3n) is 3.24. The van der Waals surface area contributed by atoms with Crippen LogP contribution in [0.1, 0.15) is 30.3 Å². The van der Waals surface area contributed by atoms with E-state index in [1.807, 2.05) is 6.26 Å². The lowest BCUT2D eigenvalue weighted by Gasteiger charge is -2.11. The number of aryl methyl sites for hydroxylation is 1. The van der Waals surface area contributed by atoms with Crippen molar-refractivity contribution in [3.8, 4) is 0 Å². The van der Waals surface area contributed by atoms with Gasteiger partial charge in [-0.2, -0.15) is 11.8 Å². The minimum Gasteiger partial charge on any atom is -0.350 e. The summed E-state index contributed by atoms with van der Waals surface area (Å²) in [6, 6.07) is 3.52. The molecule has 1 N–H and O–H groups in total. The molecule has 2 aromatic rings. The Morgan fingerprint density at radius 2 is 2.27 bits per heavy atom. The molecule has 6 nitrogen and oxygen atoms in total. The standard InChI is InChI=1S/C15H20N4O2S/c1-3-4-9-19-13-11(6-5-7-16-13)18-12(15(19)21)14(20)17-8-10-22-2/h5-7H,3-4,8-10H2,1-2H3,(H,17,20). The van der Waals surface area contributed by atoms with Crippen LogP contribution in [0.4, 0.5) is 0 Å². The minimum absolute atomic E-state index is 0.0577. The fourth-order valence-electron chi connectivity index (χ4n) is 2.10. The maximum atomic E-state index is 12.6. The van der Waals surface area contributed by atoms with Gasteiger partial charge in [0.15, 0.2) is 11.3 Å². The van der Waals surface area contributed by atoms with E-state index in [2.05, 4.69) is 22.2 Å². The number of thioether (sulfide) groups is 1. The van der Waals surface area contributed by atoms with Crippen molar-refractivity contribution in [3.05, 3.63) is 34.4 Å². The van der Waals surface area contributed by atoms with E-state index in [0.29, 0.717) is 24.3 Å². The molecule has 0 spiro atoms. The zero-order valence-electron chi connectivity index (χ0n) is 12.8. The average molecular weight is 320 g/mol. The zero-order valence-corrected chi connectivity index (χ0v) is 13.7. The number of hydrogen-bond acceptors (Lipinski definition) is 5. The number of pyridine rings is 1. The van der Waals surface area contributed by atoms with Crippen LogP contribution in [0.2, 0.25) is 0 Å². The minimum atomic E-state index is -0.421. The second-order valence-electron chi connectivity index (χ2n) is 4.87. The molecule has 0 aliphatic heterocycles. The van der Waals surface area contributed by atoms with Crippen molar-refractivity contribution in [3.63, 3.8) is 0 Å². The Hall–Kier alpha value is -1.89. The Morgan fingerprint density at radius 1 is 1.45 bits per heavy atom. The van der Waals surface area contributed by atoms with Gasteiger partial charge >= 0.3 is 0 Å². The van der Waals surface area contributed by atoms with Crippen LogP contribution in [0.25, 0.3) is 11.2 Å². The third kappa shape index (κ3) is 3.65. The largest absolute Gasteiger partial charge is 0.350 e. The molecule has 0 radical (unpaired) electrons. The summed E-state index contributed by atoms with van der Waals surface area (Å²) in [4.78, 5) is 33.2. The number of fused-ring (bicyclic) bond motifs is 1. The number of rotatable bonds is 7. The van der Waals surface area contributed by atoms with E-state index in [1.165, 1.54) is 0 Å². The molecule has 1 amide bonds. The molecule has 0 saturated carbocycles. The Balaban J connectivity index is 2.44. The average Bonchev–Trinajstić information content (AvgIpc) is 2.53. The summed E-state index contributed by atoms with van der Waals surface area (Å²) in [6.45, 7) is 3.11. The predicted molar refractivity (Wildman–Crippen MR) is 89.4 cm³/mol. The lowest BCUT2D eigenvalue weighted by Crippen LogP contribution is -2.36. The molecule has 0 unspecified atom stereocenters. The van der Waals surface area contributed by atoms with Gasteiger partial charge < -0.3 is 5.32 Å². The first kappa shape index (κ1) is 16.5.